The maximum Gasteiger partial charge on any atom is 0.00695 e. The molecular formula is C13H10S. The minimum absolute atomic E-state index is 1.32. The van der Waals surface area contributed by atoms with Gasteiger partial charge in [0.15, 0.2) is 0 Å². The van der Waals surface area contributed by atoms with Crippen molar-refractivity contribution in [1.29, 1.82) is 0 Å². The van der Waals surface area contributed by atoms with Crippen molar-refractivity contribution in [2.24, 2.45) is 0 Å². The molecule has 0 amide bonds. The third kappa shape index (κ3) is 1.25. The molecule has 0 saturated carbocycles. The van der Waals surface area contributed by atoms with Crippen molar-refractivity contribution in [2.75, 3.05) is 6.26 Å². The molecule has 0 unspecified atom stereocenters. The van der Waals surface area contributed by atoms with Gasteiger partial charge in [0, 0.05) is 4.90 Å². The van der Waals surface area contributed by atoms with Crippen LogP contribution in [0.3, 0.4) is 0 Å². The molecule has 0 spiro atoms. The summed E-state index contributed by atoms with van der Waals surface area (Å²) in [5.74, 6) is 0. The molecule has 1 aromatic carbocycles. The standard InChI is InChI=1S/C13H10S/c1-14-13-4-2-9(3-5-13)10-6-11-8-12(11)7-10/h2-8H,1H3. The maximum atomic E-state index is 2.25. The van der Waals surface area contributed by atoms with Crippen molar-refractivity contribution in [3.05, 3.63) is 42.5 Å². The average molecular weight is 198 g/mol. The van der Waals surface area contributed by atoms with Gasteiger partial charge in [0.1, 0.15) is 0 Å². The lowest BCUT2D eigenvalue weighted by atomic mass is 10.1. The van der Waals surface area contributed by atoms with Gasteiger partial charge in [-0.15, -0.1) is 11.8 Å². The summed E-state index contributed by atoms with van der Waals surface area (Å²) < 4.78 is 0. The Morgan fingerprint density at radius 1 is 0.714 bits per heavy atom. The van der Waals surface area contributed by atoms with E-state index >= 15 is 0 Å². The van der Waals surface area contributed by atoms with E-state index in [1.54, 1.807) is 11.8 Å². The number of hydrogen-bond acceptors (Lipinski definition) is 1. The Kier molecular flexibility index (Phi) is 1.68. The van der Waals surface area contributed by atoms with Crippen LogP contribution in [0.2, 0.25) is 0 Å². The van der Waals surface area contributed by atoms with Crippen molar-refractivity contribution in [1.82, 2.24) is 0 Å². The van der Waals surface area contributed by atoms with E-state index in [4.69, 9.17) is 0 Å². The molecular weight excluding hydrogens is 188 g/mol. The van der Waals surface area contributed by atoms with Crippen LogP contribution in [0.1, 0.15) is 0 Å². The Bertz CT molecular complexity index is 463. The summed E-state index contributed by atoms with van der Waals surface area (Å²) in [6.07, 6.45) is 2.10. The number of fused-ring (bicyclic) bond motifs is 1. The SMILES string of the molecule is CSc1ccc(-c2cc3cc-3c2)cc1. The molecule has 1 aromatic rings. The predicted octanol–water partition coefficient (Wildman–Crippen LogP) is 4.06. The van der Waals surface area contributed by atoms with Gasteiger partial charge in [0.25, 0.3) is 0 Å². The van der Waals surface area contributed by atoms with E-state index < -0.39 is 0 Å². The molecule has 0 saturated heterocycles. The Labute approximate surface area is 88.0 Å². The minimum Gasteiger partial charge on any atom is -0.130 e. The molecule has 0 heterocycles. The fraction of sp³-hybridized carbons (Fsp3) is 0.0769. The molecule has 3 rings (SSSR count). The quantitative estimate of drug-likeness (QED) is 0.560. The second-order valence-electron chi connectivity index (χ2n) is 3.53. The number of hydrogen-bond donors (Lipinski definition) is 0. The minimum atomic E-state index is 1.32. The smallest absolute Gasteiger partial charge is 0.00695 e. The molecule has 68 valence electrons. The normalized spacial score (nSPS) is 11.5. The van der Waals surface area contributed by atoms with Crippen molar-refractivity contribution in [2.45, 2.75) is 4.90 Å². The molecule has 0 atom stereocenters. The molecule has 0 aliphatic heterocycles. The molecule has 0 fully saturated rings. The Morgan fingerprint density at radius 3 is 1.71 bits per heavy atom. The van der Waals surface area contributed by atoms with Crippen molar-refractivity contribution < 1.29 is 0 Å². The number of benzene rings is 2. The Hall–Kier alpha value is -1.21. The van der Waals surface area contributed by atoms with E-state index in [2.05, 4.69) is 48.7 Å². The van der Waals surface area contributed by atoms with Gasteiger partial charge in [0.05, 0.1) is 0 Å². The van der Waals surface area contributed by atoms with Gasteiger partial charge in [-0.3, -0.25) is 0 Å². The van der Waals surface area contributed by atoms with Gasteiger partial charge in [-0.1, -0.05) is 12.1 Å². The zero-order valence-corrected chi connectivity index (χ0v) is 8.77. The second-order valence-corrected chi connectivity index (χ2v) is 4.41. The van der Waals surface area contributed by atoms with Crippen LogP contribution in [-0.4, -0.2) is 6.26 Å². The molecule has 1 heteroatoms. The summed E-state index contributed by atoms with van der Waals surface area (Å²) >= 11 is 1.78. The van der Waals surface area contributed by atoms with Crippen LogP contribution in [0.15, 0.2) is 47.4 Å². The third-order valence-electron chi connectivity index (χ3n) is 2.61. The van der Waals surface area contributed by atoms with Crippen LogP contribution in [0.4, 0.5) is 0 Å². The first kappa shape index (κ1) is 8.13. The van der Waals surface area contributed by atoms with Crippen LogP contribution < -0.4 is 0 Å². The topological polar surface area (TPSA) is 0 Å². The lowest BCUT2D eigenvalue weighted by Gasteiger charge is -1.99. The number of thioether (sulfide) groups is 1. The molecule has 0 aromatic heterocycles. The monoisotopic (exact) mass is 198 g/mol. The van der Waals surface area contributed by atoms with Crippen molar-refractivity contribution >= 4 is 11.8 Å². The van der Waals surface area contributed by atoms with Gasteiger partial charge < -0.3 is 0 Å². The predicted molar refractivity (Wildman–Crippen MR) is 62.7 cm³/mol. The van der Waals surface area contributed by atoms with E-state index in [1.807, 2.05) is 0 Å². The summed E-state index contributed by atoms with van der Waals surface area (Å²) in [7, 11) is 0. The highest BCUT2D eigenvalue weighted by atomic mass is 32.2. The fourth-order valence-electron chi connectivity index (χ4n) is 1.71. The average Bonchev–Trinajstić information content (AvgIpc) is 2.86. The van der Waals surface area contributed by atoms with Gasteiger partial charge in [-0.25, -0.2) is 0 Å². The van der Waals surface area contributed by atoms with Gasteiger partial charge >= 0.3 is 0 Å². The van der Waals surface area contributed by atoms with E-state index in [-0.39, 0.29) is 0 Å². The lowest BCUT2D eigenvalue weighted by molar-refractivity contribution is 1.47. The zero-order chi connectivity index (χ0) is 9.54. The van der Waals surface area contributed by atoms with E-state index in [0.29, 0.717) is 0 Å². The van der Waals surface area contributed by atoms with E-state index in [9.17, 15) is 0 Å². The van der Waals surface area contributed by atoms with Crippen LogP contribution in [0.5, 0.6) is 0 Å². The van der Waals surface area contributed by atoms with E-state index in [0.717, 1.165) is 0 Å². The van der Waals surface area contributed by atoms with Crippen molar-refractivity contribution in [3.8, 4) is 22.3 Å². The molecule has 2 aliphatic rings. The van der Waals surface area contributed by atoms with Crippen LogP contribution in [0.25, 0.3) is 22.3 Å². The molecule has 2 aliphatic carbocycles. The van der Waals surface area contributed by atoms with Crippen LogP contribution in [0, 0.1) is 0 Å². The fourth-order valence-corrected chi connectivity index (χ4v) is 2.12. The largest absolute Gasteiger partial charge is 0.130 e. The molecule has 0 nitrogen and oxygen atoms in total. The summed E-state index contributed by atoms with van der Waals surface area (Å²) in [4.78, 5) is 1.32. The first-order valence-corrected chi connectivity index (χ1v) is 5.89. The first-order valence-electron chi connectivity index (χ1n) is 4.67. The van der Waals surface area contributed by atoms with Gasteiger partial charge in [0.2, 0.25) is 0 Å². The molecule has 0 bridgehead atoms. The molecule has 0 N–H and O–H groups in total. The third-order valence-corrected chi connectivity index (χ3v) is 3.35. The lowest BCUT2D eigenvalue weighted by Crippen LogP contribution is -1.73. The number of rotatable bonds is 2. The summed E-state index contributed by atoms with van der Waals surface area (Å²) in [5.41, 5.74) is 5.50. The Balaban J connectivity index is 1.99. The zero-order valence-electron chi connectivity index (χ0n) is 7.95. The second kappa shape index (κ2) is 2.89. The maximum absolute atomic E-state index is 2.25. The van der Waals surface area contributed by atoms with Crippen LogP contribution >= 0.6 is 11.8 Å². The van der Waals surface area contributed by atoms with Gasteiger partial charge in [-0.2, -0.15) is 0 Å². The highest BCUT2D eigenvalue weighted by molar-refractivity contribution is 7.98. The Morgan fingerprint density at radius 2 is 1.21 bits per heavy atom. The highest BCUT2D eigenvalue weighted by Gasteiger charge is 2.14. The van der Waals surface area contributed by atoms with Crippen LogP contribution in [-0.2, 0) is 0 Å². The first-order chi connectivity index (χ1) is 6.86. The van der Waals surface area contributed by atoms with Gasteiger partial charge in [-0.05, 0) is 58.8 Å². The van der Waals surface area contributed by atoms with E-state index in [1.165, 1.54) is 27.1 Å². The summed E-state index contributed by atoms with van der Waals surface area (Å²) in [6.45, 7) is 0. The summed E-state index contributed by atoms with van der Waals surface area (Å²) in [6, 6.07) is 15.5. The summed E-state index contributed by atoms with van der Waals surface area (Å²) in [5, 5.41) is 0. The van der Waals surface area contributed by atoms with Crippen molar-refractivity contribution in [3.63, 3.8) is 0 Å². The molecule has 0 radical (unpaired) electrons. The highest BCUT2D eigenvalue weighted by Crippen LogP contribution is 2.40. The molecule has 14 heavy (non-hydrogen) atoms.